The van der Waals surface area contributed by atoms with Gasteiger partial charge in [-0.25, -0.2) is 9.97 Å². The average molecular weight is 271 g/mol. The van der Waals surface area contributed by atoms with Crippen molar-refractivity contribution in [2.45, 2.75) is 32.9 Å². The van der Waals surface area contributed by atoms with Crippen LogP contribution in [0.25, 0.3) is 11.0 Å². The Morgan fingerprint density at radius 1 is 1.00 bits per heavy atom. The predicted octanol–water partition coefficient (Wildman–Crippen LogP) is 1.86. The number of piperazine rings is 1. The van der Waals surface area contributed by atoms with Crippen LogP contribution < -0.4 is 4.90 Å². The molecular formula is C15H21N5. The number of pyridine rings is 1. The zero-order chi connectivity index (χ0) is 14.3. The quantitative estimate of drug-likeness (QED) is 0.792. The van der Waals surface area contributed by atoms with Crippen LogP contribution in [0.4, 0.5) is 5.82 Å². The van der Waals surface area contributed by atoms with Gasteiger partial charge in [-0.3, -0.25) is 9.88 Å². The lowest BCUT2D eigenvalue weighted by atomic mass is 10.1. The van der Waals surface area contributed by atoms with E-state index >= 15 is 0 Å². The fraction of sp³-hybridized carbons (Fsp3) is 0.533. The molecule has 1 fully saturated rings. The molecule has 3 rings (SSSR count). The highest BCUT2D eigenvalue weighted by atomic mass is 15.3. The van der Waals surface area contributed by atoms with Crippen molar-refractivity contribution < 1.29 is 0 Å². The van der Waals surface area contributed by atoms with Crippen LogP contribution in [0.2, 0.25) is 0 Å². The number of hydrogen-bond donors (Lipinski definition) is 0. The van der Waals surface area contributed by atoms with Gasteiger partial charge < -0.3 is 4.90 Å². The second-order valence-corrected chi connectivity index (χ2v) is 5.79. The summed E-state index contributed by atoms with van der Waals surface area (Å²) in [6.45, 7) is 8.49. The van der Waals surface area contributed by atoms with E-state index in [9.17, 15) is 0 Å². The summed E-state index contributed by atoms with van der Waals surface area (Å²) in [7, 11) is 2.19. The van der Waals surface area contributed by atoms with Gasteiger partial charge >= 0.3 is 0 Å². The summed E-state index contributed by atoms with van der Waals surface area (Å²) >= 11 is 0. The highest BCUT2D eigenvalue weighted by Crippen LogP contribution is 2.26. The van der Waals surface area contributed by atoms with E-state index in [1.807, 2.05) is 13.1 Å². The van der Waals surface area contributed by atoms with Crippen LogP contribution in [0.15, 0.2) is 18.6 Å². The Bertz CT molecular complexity index is 615. The SMILES string of the molecule is Cc1cnc(N2CC(C)N(C)C(C)C2)c2nccnc12. The lowest BCUT2D eigenvalue weighted by Gasteiger charge is -2.43. The molecule has 0 N–H and O–H groups in total. The molecule has 0 amide bonds. The highest BCUT2D eigenvalue weighted by molar-refractivity contribution is 5.87. The van der Waals surface area contributed by atoms with Gasteiger partial charge in [0.15, 0.2) is 5.82 Å². The van der Waals surface area contributed by atoms with Gasteiger partial charge in [0.05, 0.1) is 5.52 Å². The van der Waals surface area contributed by atoms with Crippen molar-refractivity contribution in [3.8, 4) is 0 Å². The van der Waals surface area contributed by atoms with Crippen LogP contribution in [0.3, 0.4) is 0 Å². The molecule has 2 aromatic rings. The summed E-state index contributed by atoms with van der Waals surface area (Å²) in [6, 6.07) is 1.02. The van der Waals surface area contributed by atoms with E-state index in [0.29, 0.717) is 12.1 Å². The second-order valence-electron chi connectivity index (χ2n) is 5.79. The molecule has 5 heteroatoms. The zero-order valence-electron chi connectivity index (χ0n) is 12.5. The van der Waals surface area contributed by atoms with E-state index in [2.05, 4.69) is 45.6 Å². The van der Waals surface area contributed by atoms with E-state index in [1.165, 1.54) is 0 Å². The highest BCUT2D eigenvalue weighted by Gasteiger charge is 2.28. The molecule has 0 aliphatic carbocycles. The van der Waals surface area contributed by atoms with Gasteiger partial charge in [-0.05, 0) is 33.4 Å². The summed E-state index contributed by atoms with van der Waals surface area (Å²) in [6.07, 6.45) is 5.39. The minimum Gasteiger partial charge on any atom is -0.352 e. The van der Waals surface area contributed by atoms with Crippen LogP contribution in [-0.4, -0.2) is 52.1 Å². The first kappa shape index (κ1) is 13.2. The molecule has 1 saturated heterocycles. The largest absolute Gasteiger partial charge is 0.352 e. The van der Waals surface area contributed by atoms with Gasteiger partial charge in [-0.1, -0.05) is 0 Å². The maximum Gasteiger partial charge on any atom is 0.156 e. The summed E-state index contributed by atoms with van der Waals surface area (Å²) in [5.74, 6) is 0.963. The Morgan fingerprint density at radius 3 is 2.25 bits per heavy atom. The number of likely N-dealkylation sites (N-methyl/N-ethyl adjacent to an activating group) is 1. The van der Waals surface area contributed by atoms with Crippen molar-refractivity contribution in [1.82, 2.24) is 19.9 Å². The first-order chi connectivity index (χ1) is 9.58. The number of aromatic nitrogens is 3. The summed E-state index contributed by atoms with van der Waals surface area (Å²) in [5, 5.41) is 0. The molecule has 1 aliphatic rings. The van der Waals surface area contributed by atoms with E-state index in [1.54, 1.807) is 12.4 Å². The molecule has 106 valence electrons. The Labute approximate surface area is 119 Å². The number of rotatable bonds is 1. The van der Waals surface area contributed by atoms with Gasteiger partial charge in [-0.15, -0.1) is 0 Å². The fourth-order valence-electron chi connectivity index (χ4n) is 2.88. The normalized spacial score (nSPS) is 24.3. The van der Waals surface area contributed by atoms with Crippen molar-refractivity contribution in [1.29, 1.82) is 0 Å². The van der Waals surface area contributed by atoms with Crippen LogP contribution in [0, 0.1) is 6.92 Å². The van der Waals surface area contributed by atoms with E-state index in [0.717, 1.165) is 35.5 Å². The van der Waals surface area contributed by atoms with Crippen molar-refractivity contribution in [2.24, 2.45) is 0 Å². The van der Waals surface area contributed by atoms with Crippen LogP contribution >= 0.6 is 0 Å². The molecule has 3 heterocycles. The van der Waals surface area contributed by atoms with Crippen LogP contribution in [-0.2, 0) is 0 Å². The Morgan fingerprint density at radius 2 is 1.60 bits per heavy atom. The molecule has 0 bridgehead atoms. The molecule has 1 aliphatic heterocycles. The maximum absolute atomic E-state index is 4.63. The molecule has 5 nitrogen and oxygen atoms in total. The third-order valence-electron chi connectivity index (χ3n) is 4.32. The first-order valence-electron chi connectivity index (χ1n) is 7.11. The fourth-order valence-corrected chi connectivity index (χ4v) is 2.88. The minimum absolute atomic E-state index is 0.508. The average Bonchev–Trinajstić information content (AvgIpc) is 2.45. The molecule has 0 radical (unpaired) electrons. The molecule has 2 unspecified atom stereocenters. The minimum atomic E-state index is 0.508. The van der Waals surface area contributed by atoms with Gasteiger partial charge in [0.1, 0.15) is 5.52 Å². The van der Waals surface area contributed by atoms with Crippen LogP contribution in [0.1, 0.15) is 19.4 Å². The second kappa shape index (κ2) is 4.98. The third-order valence-corrected chi connectivity index (χ3v) is 4.32. The van der Waals surface area contributed by atoms with Gasteiger partial charge in [0, 0.05) is 43.8 Å². The summed E-state index contributed by atoms with van der Waals surface area (Å²) < 4.78 is 0. The number of hydrogen-bond acceptors (Lipinski definition) is 5. The molecular weight excluding hydrogens is 250 g/mol. The molecule has 0 saturated carbocycles. The number of fused-ring (bicyclic) bond motifs is 1. The zero-order valence-corrected chi connectivity index (χ0v) is 12.5. The Kier molecular flexibility index (Phi) is 3.30. The smallest absolute Gasteiger partial charge is 0.156 e. The third kappa shape index (κ3) is 2.12. The number of anilines is 1. The number of nitrogens with zero attached hydrogens (tertiary/aromatic N) is 5. The van der Waals surface area contributed by atoms with E-state index in [4.69, 9.17) is 0 Å². The van der Waals surface area contributed by atoms with Crippen LogP contribution in [0.5, 0.6) is 0 Å². The Hall–Kier alpha value is -1.75. The molecule has 0 aromatic carbocycles. The van der Waals surface area contributed by atoms with E-state index < -0.39 is 0 Å². The van der Waals surface area contributed by atoms with Crippen molar-refractivity contribution in [3.63, 3.8) is 0 Å². The van der Waals surface area contributed by atoms with Crippen molar-refractivity contribution >= 4 is 16.9 Å². The standard InChI is InChI=1S/C15H21N5/c1-10-7-18-15(14-13(10)16-5-6-17-14)20-8-11(2)19(4)12(3)9-20/h5-7,11-12H,8-9H2,1-4H3. The monoisotopic (exact) mass is 271 g/mol. The molecule has 20 heavy (non-hydrogen) atoms. The summed E-state index contributed by atoms with van der Waals surface area (Å²) in [5.41, 5.74) is 2.94. The predicted molar refractivity (Wildman–Crippen MR) is 81.0 cm³/mol. The van der Waals surface area contributed by atoms with E-state index in [-0.39, 0.29) is 0 Å². The van der Waals surface area contributed by atoms with Crippen molar-refractivity contribution in [3.05, 3.63) is 24.2 Å². The lowest BCUT2D eigenvalue weighted by Crippen LogP contribution is -2.55. The molecule has 2 aromatic heterocycles. The van der Waals surface area contributed by atoms with Gasteiger partial charge in [0.25, 0.3) is 0 Å². The van der Waals surface area contributed by atoms with Crippen molar-refractivity contribution in [2.75, 3.05) is 25.0 Å². The molecule has 2 atom stereocenters. The van der Waals surface area contributed by atoms with Gasteiger partial charge in [-0.2, -0.15) is 0 Å². The van der Waals surface area contributed by atoms with Gasteiger partial charge in [0.2, 0.25) is 0 Å². The number of aryl methyl sites for hydroxylation is 1. The summed E-state index contributed by atoms with van der Waals surface area (Å²) in [4.78, 5) is 18.3. The molecule has 0 spiro atoms. The maximum atomic E-state index is 4.63. The topological polar surface area (TPSA) is 45.2 Å². The lowest BCUT2D eigenvalue weighted by molar-refractivity contribution is 0.170. The first-order valence-corrected chi connectivity index (χ1v) is 7.11. The Balaban J connectivity index is 2.05.